The van der Waals surface area contributed by atoms with Gasteiger partial charge in [-0.1, -0.05) is 66.7 Å². The first-order valence-corrected chi connectivity index (χ1v) is 11.7. The zero-order valence-electron chi connectivity index (χ0n) is 20.6. The van der Waals surface area contributed by atoms with Gasteiger partial charge in [-0.3, -0.25) is 9.59 Å². The van der Waals surface area contributed by atoms with Crippen LogP contribution in [0.15, 0.2) is 103 Å². The third-order valence-electron chi connectivity index (χ3n) is 5.72. The number of carbonyl (C=O) groups is 2. The molecule has 4 aromatic carbocycles. The fourth-order valence-electron chi connectivity index (χ4n) is 3.78. The molecule has 0 atom stereocenters. The first-order chi connectivity index (χ1) is 18.1. The van der Waals surface area contributed by atoms with E-state index in [2.05, 4.69) is 10.6 Å². The number of hydrogen-bond acceptors (Lipinski definition) is 5. The second-order valence-electron chi connectivity index (χ2n) is 8.12. The Bertz CT molecular complexity index is 1280. The fraction of sp³-hybridized carbons (Fsp3) is 0.133. The van der Waals surface area contributed by atoms with Gasteiger partial charge in [-0.2, -0.15) is 0 Å². The predicted molar refractivity (Wildman–Crippen MR) is 141 cm³/mol. The third-order valence-corrected chi connectivity index (χ3v) is 5.72. The van der Waals surface area contributed by atoms with Crippen LogP contribution in [0.3, 0.4) is 0 Å². The summed E-state index contributed by atoms with van der Waals surface area (Å²) in [6, 6.07) is 30.9. The van der Waals surface area contributed by atoms with Gasteiger partial charge in [-0.25, -0.2) is 0 Å². The maximum atomic E-state index is 13.2. The Kier molecular flexibility index (Phi) is 8.39. The number of ether oxygens (including phenoxy) is 3. The molecule has 0 saturated heterocycles. The molecular formula is C30H28N2O5. The number of benzene rings is 4. The van der Waals surface area contributed by atoms with Gasteiger partial charge in [-0.15, -0.1) is 0 Å². The van der Waals surface area contributed by atoms with Crippen LogP contribution >= 0.6 is 0 Å². The third kappa shape index (κ3) is 6.46. The van der Waals surface area contributed by atoms with E-state index in [1.807, 2.05) is 30.3 Å². The zero-order valence-corrected chi connectivity index (χ0v) is 20.6. The molecule has 0 fully saturated rings. The molecule has 0 aromatic heterocycles. The molecule has 7 heteroatoms. The Morgan fingerprint density at radius 1 is 0.649 bits per heavy atom. The summed E-state index contributed by atoms with van der Waals surface area (Å²) >= 11 is 0. The molecule has 0 spiro atoms. The van der Waals surface area contributed by atoms with Crippen LogP contribution in [0.1, 0.15) is 38.0 Å². The van der Waals surface area contributed by atoms with Crippen molar-refractivity contribution in [3.63, 3.8) is 0 Å². The van der Waals surface area contributed by atoms with Gasteiger partial charge in [0.2, 0.25) is 0 Å². The predicted octanol–water partition coefficient (Wildman–Crippen LogP) is 5.14. The normalized spacial score (nSPS) is 10.5. The first-order valence-electron chi connectivity index (χ1n) is 11.7. The van der Waals surface area contributed by atoms with E-state index in [4.69, 9.17) is 14.2 Å². The van der Waals surface area contributed by atoms with Crippen LogP contribution < -0.4 is 24.8 Å². The number of rotatable bonds is 10. The van der Waals surface area contributed by atoms with Crippen molar-refractivity contribution in [1.82, 2.24) is 10.6 Å². The maximum Gasteiger partial charge on any atom is 0.256 e. The Balaban J connectivity index is 1.56. The SMILES string of the molecule is COc1ccccc1C(=O)NC(NC(=O)c1ccccc1OC)c1ccc(OCc2ccccc2)cc1. The highest BCUT2D eigenvalue weighted by molar-refractivity contribution is 5.99. The van der Waals surface area contributed by atoms with E-state index < -0.39 is 18.0 Å². The van der Waals surface area contributed by atoms with E-state index in [1.165, 1.54) is 14.2 Å². The zero-order chi connectivity index (χ0) is 26.0. The van der Waals surface area contributed by atoms with Gasteiger partial charge in [-0.05, 0) is 47.5 Å². The van der Waals surface area contributed by atoms with Gasteiger partial charge >= 0.3 is 0 Å². The minimum Gasteiger partial charge on any atom is -0.496 e. The highest BCUT2D eigenvalue weighted by Crippen LogP contribution is 2.23. The summed E-state index contributed by atoms with van der Waals surface area (Å²) in [5.41, 5.74) is 2.42. The van der Waals surface area contributed by atoms with E-state index in [-0.39, 0.29) is 0 Å². The number of carbonyl (C=O) groups excluding carboxylic acids is 2. The lowest BCUT2D eigenvalue weighted by Crippen LogP contribution is -2.41. The van der Waals surface area contributed by atoms with Crippen molar-refractivity contribution >= 4 is 11.8 Å². The first kappa shape index (κ1) is 25.3. The minimum atomic E-state index is -0.835. The molecule has 0 aliphatic carbocycles. The monoisotopic (exact) mass is 496 g/mol. The van der Waals surface area contributed by atoms with E-state index in [0.29, 0.717) is 40.5 Å². The van der Waals surface area contributed by atoms with Gasteiger partial charge < -0.3 is 24.8 Å². The summed E-state index contributed by atoms with van der Waals surface area (Å²) < 4.78 is 16.5. The van der Waals surface area contributed by atoms with Gasteiger partial charge in [0.25, 0.3) is 11.8 Å². The lowest BCUT2D eigenvalue weighted by atomic mass is 10.1. The van der Waals surface area contributed by atoms with Crippen molar-refractivity contribution < 1.29 is 23.8 Å². The highest BCUT2D eigenvalue weighted by atomic mass is 16.5. The lowest BCUT2D eigenvalue weighted by Gasteiger charge is -2.22. The van der Waals surface area contributed by atoms with Crippen molar-refractivity contribution in [3.8, 4) is 17.2 Å². The molecular weight excluding hydrogens is 468 g/mol. The average Bonchev–Trinajstić information content (AvgIpc) is 2.96. The minimum absolute atomic E-state index is 0.351. The molecule has 0 aliphatic heterocycles. The van der Waals surface area contributed by atoms with Gasteiger partial charge in [0.15, 0.2) is 0 Å². The maximum absolute atomic E-state index is 13.2. The molecule has 188 valence electrons. The largest absolute Gasteiger partial charge is 0.496 e. The molecule has 37 heavy (non-hydrogen) atoms. The van der Waals surface area contributed by atoms with Crippen molar-refractivity contribution in [2.24, 2.45) is 0 Å². The lowest BCUT2D eigenvalue weighted by molar-refractivity contribution is 0.0880. The summed E-state index contributed by atoms with van der Waals surface area (Å²) in [7, 11) is 3.00. The summed E-state index contributed by atoms with van der Waals surface area (Å²) in [5, 5.41) is 5.81. The van der Waals surface area contributed by atoms with Crippen LogP contribution in [0, 0.1) is 0 Å². The smallest absolute Gasteiger partial charge is 0.256 e. The molecule has 2 N–H and O–H groups in total. The van der Waals surface area contributed by atoms with Crippen LogP contribution in [-0.2, 0) is 6.61 Å². The number of methoxy groups -OCH3 is 2. The highest BCUT2D eigenvalue weighted by Gasteiger charge is 2.22. The quantitative estimate of drug-likeness (QED) is 0.297. The van der Waals surface area contributed by atoms with Crippen LogP contribution in [0.5, 0.6) is 17.2 Å². The fourth-order valence-corrected chi connectivity index (χ4v) is 3.78. The molecule has 4 aromatic rings. The van der Waals surface area contributed by atoms with Gasteiger partial charge in [0, 0.05) is 0 Å². The Hall–Kier alpha value is -4.78. The molecule has 0 radical (unpaired) electrons. The summed E-state index contributed by atoms with van der Waals surface area (Å²) in [6.07, 6.45) is -0.835. The van der Waals surface area contributed by atoms with Crippen molar-refractivity contribution in [2.75, 3.05) is 14.2 Å². The molecule has 0 aliphatic rings. The van der Waals surface area contributed by atoms with Crippen LogP contribution in [0.2, 0.25) is 0 Å². The van der Waals surface area contributed by atoms with Crippen LogP contribution in [-0.4, -0.2) is 26.0 Å². The van der Waals surface area contributed by atoms with Gasteiger partial charge in [0.1, 0.15) is 30.0 Å². The van der Waals surface area contributed by atoms with Crippen molar-refractivity contribution in [2.45, 2.75) is 12.8 Å². The molecule has 4 rings (SSSR count). The topological polar surface area (TPSA) is 85.9 Å². The Morgan fingerprint density at radius 2 is 1.14 bits per heavy atom. The Morgan fingerprint density at radius 3 is 1.65 bits per heavy atom. The number of hydrogen-bond donors (Lipinski definition) is 2. The van der Waals surface area contributed by atoms with Crippen molar-refractivity contribution in [3.05, 3.63) is 125 Å². The molecule has 0 unspecified atom stereocenters. The van der Waals surface area contributed by atoms with Crippen LogP contribution in [0.25, 0.3) is 0 Å². The molecule has 0 saturated carbocycles. The molecule has 0 heterocycles. The molecule has 7 nitrogen and oxygen atoms in total. The number of amides is 2. The second kappa shape index (κ2) is 12.3. The van der Waals surface area contributed by atoms with Gasteiger partial charge in [0.05, 0.1) is 25.3 Å². The molecule has 0 bridgehead atoms. The standard InChI is InChI=1S/C30H28N2O5/c1-35-26-14-8-6-12-24(26)29(33)31-28(32-30(34)25-13-7-9-15-27(25)36-2)22-16-18-23(19-17-22)37-20-21-10-4-3-5-11-21/h3-19,28H,20H2,1-2H3,(H,31,33)(H,32,34). The Labute approximate surface area is 216 Å². The van der Waals surface area contributed by atoms with E-state index in [1.54, 1.807) is 72.8 Å². The molecule has 2 amide bonds. The second-order valence-corrected chi connectivity index (χ2v) is 8.12. The summed E-state index contributed by atoms with van der Waals surface area (Å²) in [6.45, 7) is 0.429. The summed E-state index contributed by atoms with van der Waals surface area (Å²) in [5.74, 6) is 0.733. The van der Waals surface area contributed by atoms with E-state index >= 15 is 0 Å². The average molecular weight is 497 g/mol. The summed E-state index contributed by atoms with van der Waals surface area (Å²) in [4.78, 5) is 26.4. The number of para-hydroxylation sites is 2. The van der Waals surface area contributed by atoms with Crippen molar-refractivity contribution in [1.29, 1.82) is 0 Å². The number of nitrogens with one attached hydrogen (secondary N) is 2. The van der Waals surface area contributed by atoms with E-state index in [9.17, 15) is 9.59 Å². The van der Waals surface area contributed by atoms with Crippen LogP contribution in [0.4, 0.5) is 0 Å². The van der Waals surface area contributed by atoms with E-state index in [0.717, 1.165) is 5.56 Å².